The van der Waals surface area contributed by atoms with E-state index in [0.717, 1.165) is 28.7 Å². The van der Waals surface area contributed by atoms with Crippen molar-refractivity contribution in [1.82, 2.24) is 0 Å². The van der Waals surface area contributed by atoms with Crippen LogP contribution < -0.4 is 9.47 Å². The summed E-state index contributed by atoms with van der Waals surface area (Å²) in [4.78, 5) is 11.5. The number of hydrogen-bond acceptors (Lipinski definition) is 8. The summed E-state index contributed by atoms with van der Waals surface area (Å²) in [6.45, 7) is 1.43. The fourth-order valence-electron chi connectivity index (χ4n) is 4.79. The lowest BCUT2D eigenvalue weighted by Gasteiger charge is -2.41. The van der Waals surface area contributed by atoms with Crippen molar-refractivity contribution in [2.24, 2.45) is 5.92 Å². The number of hydrogen-bond donors (Lipinski definition) is 2. The van der Waals surface area contributed by atoms with E-state index in [1.807, 2.05) is 60.7 Å². The summed E-state index contributed by atoms with van der Waals surface area (Å²) in [5.74, 6) is 1.94. The van der Waals surface area contributed by atoms with Crippen LogP contribution in [-0.4, -0.2) is 60.1 Å². The molecule has 0 bridgehead atoms. The van der Waals surface area contributed by atoms with Gasteiger partial charge in [-0.25, -0.2) is 4.79 Å². The molecule has 5 rings (SSSR count). The zero-order chi connectivity index (χ0) is 28.2. The number of rotatable bonds is 11. The van der Waals surface area contributed by atoms with Crippen LogP contribution in [0.2, 0.25) is 5.02 Å². The predicted molar refractivity (Wildman–Crippen MR) is 154 cm³/mol. The van der Waals surface area contributed by atoms with Crippen molar-refractivity contribution < 1.29 is 37.6 Å². The Bertz CT molecular complexity index is 1330. The van der Waals surface area contributed by atoms with Crippen molar-refractivity contribution in [3.63, 3.8) is 0 Å². The second kappa shape index (κ2) is 12.4. The van der Waals surface area contributed by atoms with Crippen molar-refractivity contribution in [3.05, 3.63) is 82.9 Å². The normalized spacial score (nSPS) is 19.9. The molecule has 0 aliphatic carbocycles. The fourth-order valence-corrected chi connectivity index (χ4v) is 6.97. The van der Waals surface area contributed by atoms with Crippen LogP contribution in [0.4, 0.5) is 0 Å². The van der Waals surface area contributed by atoms with E-state index < -0.39 is 22.2 Å². The quantitative estimate of drug-likeness (QED) is 0.257. The number of carbonyl (C=O) groups excluding carboxylic acids is 1. The van der Waals surface area contributed by atoms with Crippen LogP contribution in [0, 0.1) is 5.92 Å². The molecular weight excluding hydrogens is 556 g/mol. The summed E-state index contributed by atoms with van der Waals surface area (Å²) >= 11 is 6.61. The topological polar surface area (TPSA) is 104 Å². The van der Waals surface area contributed by atoms with E-state index in [-0.39, 0.29) is 12.5 Å². The molecule has 10 heteroatoms. The third-order valence-corrected chi connectivity index (χ3v) is 9.38. The summed E-state index contributed by atoms with van der Waals surface area (Å²) in [5, 5.41) is 0.574. The average molecular weight is 589 g/mol. The van der Waals surface area contributed by atoms with Crippen LogP contribution in [-0.2, 0) is 31.2 Å². The first kappa shape index (κ1) is 28.7. The fraction of sp³-hybridized carbons (Fsp3) is 0.367. The SMILES string of the molecule is COC(=O)COC1(c2ccc(OCc3cccc(-c4ccc(OCC5CCS(O)(O)C5)cc4Cl)c3)cc2)COC1. The van der Waals surface area contributed by atoms with Crippen molar-refractivity contribution >= 4 is 28.2 Å². The smallest absolute Gasteiger partial charge is 0.331 e. The maximum absolute atomic E-state index is 11.5. The standard InChI is InChI=1S/C30H33ClO8S/c1-35-29(32)17-39-30(19-36-20-30)24-5-7-25(8-6-24)37-15-21-3-2-4-23(13-21)27-10-9-26(14-28(27)31)38-16-22-11-12-40(33,34)18-22/h2-10,13-14,22,33-34H,11-12,15-20H2,1H3. The third-order valence-electron chi connectivity index (χ3n) is 7.17. The van der Waals surface area contributed by atoms with Gasteiger partial charge in [-0.2, -0.15) is 10.6 Å². The highest BCUT2D eigenvalue weighted by atomic mass is 35.5. The Kier molecular flexibility index (Phi) is 8.89. The van der Waals surface area contributed by atoms with E-state index in [1.165, 1.54) is 7.11 Å². The Morgan fingerprint density at radius 3 is 2.48 bits per heavy atom. The molecule has 214 valence electrons. The van der Waals surface area contributed by atoms with E-state index in [9.17, 15) is 13.9 Å². The number of methoxy groups -OCH3 is 1. The molecule has 0 radical (unpaired) electrons. The molecule has 0 saturated carbocycles. The second-order valence-electron chi connectivity index (χ2n) is 10.1. The van der Waals surface area contributed by atoms with Crippen LogP contribution in [0.15, 0.2) is 66.7 Å². The van der Waals surface area contributed by atoms with Gasteiger partial charge in [0.1, 0.15) is 30.3 Å². The third kappa shape index (κ3) is 6.91. The summed E-state index contributed by atoms with van der Waals surface area (Å²) < 4.78 is 47.4. The molecule has 40 heavy (non-hydrogen) atoms. The molecular formula is C30H33ClO8S. The molecule has 8 nitrogen and oxygen atoms in total. The van der Waals surface area contributed by atoms with Gasteiger partial charge in [-0.1, -0.05) is 41.9 Å². The van der Waals surface area contributed by atoms with Crippen molar-refractivity contribution in [2.45, 2.75) is 18.6 Å². The lowest BCUT2D eigenvalue weighted by Crippen LogP contribution is -2.49. The van der Waals surface area contributed by atoms with E-state index >= 15 is 0 Å². The molecule has 1 atom stereocenters. The van der Waals surface area contributed by atoms with Gasteiger partial charge < -0.3 is 23.7 Å². The molecule has 2 N–H and O–H groups in total. The number of ether oxygens (including phenoxy) is 5. The molecule has 2 heterocycles. The van der Waals surface area contributed by atoms with E-state index in [4.69, 9.17) is 30.5 Å². The number of carbonyl (C=O) groups is 1. The van der Waals surface area contributed by atoms with Crippen LogP contribution in [0.1, 0.15) is 17.5 Å². The van der Waals surface area contributed by atoms with E-state index in [1.54, 1.807) is 6.07 Å². The van der Waals surface area contributed by atoms with Gasteiger partial charge in [-0.3, -0.25) is 9.11 Å². The maximum Gasteiger partial charge on any atom is 0.331 e. The molecule has 1 unspecified atom stereocenters. The van der Waals surface area contributed by atoms with E-state index in [0.29, 0.717) is 54.5 Å². The summed E-state index contributed by atoms with van der Waals surface area (Å²) in [6, 6.07) is 21.2. The molecule has 0 spiro atoms. The van der Waals surface area contributed by atoms with Crippen molar-refractivity contribution in [3.8, 4) is 22.6 Å². The van der Waals surface area contributed by atoms with Crippen LogP contribution in [0.3, 0.4) is 0 Å². The highest BCUT2D eigenvalue weighted by Gasteiger charge is 2.42. The van der Waals surface area contributed by atoms with Gasteiger partial charge in [-0.15, -0.1) is 0 Å². The number of benzene rings is 3. The number of esters is 1. The minimum absolute atomic E-state index is 0.134. The minimum Gasteiger partial charge on any atom is -0.493 e. The van der Waals surface area contributed by atoms with Gasteiger partial charge in [0.15, 0.2) is 0 Å². The molecule has 3 aromatic rings. The lowest BCUT2D eigenvalue weighted by molar-refractivity contribution is -0.220. The summed E-state index contributed by atoms with van der Waals surface area (Å²) in [6.07, 6.45) is 0.758. The molecule has 2 fully saturated rings. The van der Waals surface area contributed by atoms with Gasteiger partial charge in [0.05, 0.1) is 32.0 Å². The first-order chi connectivity index (χ1) is 19.2. The minimum atomic E-state index is -2.43. The van der Waals surface area contributed by atoms with Crippen LogP contribution in [0.5, 0.6) is 11.5 Å². The van der Waals surface area contributed by atoms with Crippen LogP contribution in [0.25, 0.3) is 11.1 Å². The molecule has 2 aliphatic heterocycles. The Morgan fingerprint density at radius 2 is 1.82 bits per heavy atom. The second-order valence-corrected chi connectivity index (χ2v) is 12.9. The zero-order valence-electron chi connectivity index (χ0n) is 22.2. The maximum atomic E-state index is 11.5. The predicted octanol–water partition coefficient (Wildman–Crippen LogP) is 6.15. The van der Waals surface area contributed by atoms with Gasteiger partial charge in [0, 0.05) is 23.0 Å². The van der Waals surface area contributed by atoms with Gasteiger partial charge in [-0.05, 0) is 59.5 Å². The Labute approximate surface area is 240 Å². The Morgan fingerprint density at radius 1 is 1.05 bits per heavy atom. The van der Waals surface area contributed by atoms with Crippen molar-refractivity contribution in [1.29, 1.82) is 0 Å². The number of halogens is 1. The van der Waals surface area contributed by atoms with Crippen LogP contribution >= 0.6 is 22.2 Å². The molecule has 2 aliphatic rings. The molecule has 2 saturated heterocycles. The van der Waals surface area contributed by atoms with Gasteiger partial charge in [0.25, 0.3) is 0 Å². The van der Waals surface area contributed by atoms with Gasteiger partial charge in [0.2, 0.25) is 0 Å². The van der Waals surface area contributed by atoms with Crippen molar-refractivity contribution in [2.75, 3.05) is 45.0 Å². The lowest BCUT2D eigenvalue weighted by atomic mass is 9.91. The van der Waals surface area contributed by atoms with E-state index in [2.05, 4.69) is 4.74 Å². The highest BCUT2D eigenvalue weighted by molar-refractivity contribution is 8.24. The summed E-state index contributed by atoms with van der Waals surface area (Å²) in [7, 11) is -1.10. The Hall–Kier alpha value is -2.79. The van der Waals surface area contributed by atoms with Gasteiger partial charge >= 0.3 is 5.97 Å². The molecule has 0 aromatic heterocycles. The highest BCUT2D eigenvalue weighted by Crippen LogP contribution is 2.48. The zero-order valence-corrected chi connectivity index (χ0v) is 23.8. The first-order valence-electron chi connectivity index (χ1n) is 13.0. The largest absolute Gasteiger partial charge is 0.493 e. The first-order valence-corrected chi connectivity index (χ1v) is 15.3. The molecule has 3 aromatic carbocycles. The molecule has 0 amide bonds. The summed E-state index contributed by atoms with van der Waals surface area (Å²) in [5.41, 5.74) is 3.10. The average Bonchev–Trinajstić information content (AvgIpc) is 3.29. The Balaban J connectivity index is 1.17. The monoisotopic (exact) mass is 588 g/mol.